The summed E-state index contributed by atoms with van der Waals surface area (Å²) in [6.07, 6.45) is 1.96. The van der Waals surface area contributed by atoms with E-state index in [1.54, 1.807) is 54.6 Å². The number of anilines is 1. The van der Waals surface area contributed by atoms with Crippen LogP contribution in [-0.4, -0.2) is 0 Å². The van der Waals surface area contributed by atoms with Crippen LogP contribution in [0, 0.1) is 12.7 Å². The second-order valence-corrected chi connectivity index (χ2v) is 9.35. The first-order valence-corrected chi connectivity index (χ1v) is 12.2. The van der Waals surface area contributed by atoms with Crippen molar-refractivity contribution in [3.05, 3.63) is 120 Å². The van der Waals surface area contributed by atoms with Gasteiger partial charge >= 0.3 is 0 Å². The number of pyridine rings is 1. The zero-order valence-corrected chi connectivity index (χ0v) is 20.4. The van der Waals surface area contributed by atoms with Crippen LogP contribution in [0.1, 0.15) is 22.2 Å². The Balaban J connectivity index is 1.54. The molecule has 7 rings (SSSR count). The lowest BCUT2D eigenvalue weighted by atomic mass is 9.94. The Kier molecular flexibility index (Phi) is 4.02. The van der Waals surface area contributed by atoms with E-state index in [-0.39, 0.29) is 22.3 Å². The number of para-hydroxylation sites is 1. The molecule has 6 aromatic rings. The second-order valence-electron chi connectivity index (χ2n) is 9.35. The number of aromatic nitrogens is 1. The molecule has 3 nitrogen and oxygen atoms in total. The summed E-state index contributed by atoms with van der Waals surface area (Å²) in [5.41, 5.74) is 4.78. The fourth-order valence-corrected chi connectivity index (χ4v) is 5.27. The molecule has 180 valence electrons. The molecule has 0 saturated heterocycles. The summed E-state index contributed by atoms with van der Waals surface area (Å²) >= 11 is 0. The topological polar surface area (TPSA) is 20.3 Å². The lowest BCUT2D eigenvalue weighted by molar-refractivity contribution is -0.660. The Morgan fingerprint density at radius 2 is 1.57 bits per heavy atom. The minimum atomic E-state index is -2.28. The van der Waals surface area contributed by atoms with Gasteiger partial charge in [-0.15, -0.1) is 0 Å². The third-order valence-electron chi connectivity index (χ3n) is 7.08. The van der Waals surface area contributed by atoms with Crippen LogP contribution >= 0.6 is 0 Å². The molecule has 0 N–H and O–H groups in total. The Labute approximate surface area is 220 Å². The number of aryl methyl sites for hydroxylation is 2. The standard InChI is InChI=1S/C33H26FN2O/c1-21-14-15-25-26-16-17-28(34)31(33(26)37-32(25)30(21)29-13-6-7-18-35(29)2)24-12-8-9-22-19-36(20-27(22)24)23-10-4-3-5-11-23/h3-18H,19-20H2,1-2H3/q+1/i19D2,20D2. The Morgan fingerprint density at radius 3 is 2.38 bits per heavy atom. The van der Waals surface area contributed by atoms with Crippen LogP contribution in [0.25, 0.3) is 44.3 Å². The first kappa shape index (κ1) is 17.9. The summed E-state index contributed by atoms with van der Waals surface area (Å²) < 4.78 is 60.8. The van der Waals surface area contributed by atoms with Gasteiger partial charge in [0.2, 0.25) is 5.69 Å². The van der Waals surface area contributed by atoms with E-state index in [2.05, 4.69) is 0 Å². The zero-order valence-electron chi connectivity index (χ0n) is 24.4. The highest BCUT2D eigenvalue weighted by Crippen LogP contribution is 2.44. The molecule has 4 heteroatoms. The van der Waals surface area contributed by atoms with Crippen LogP contribution < -0.4 is 9.47 Å². The number of furan rings is 1. The van der Waals surface area contributed by atoms with Gasteiger partial charge in [-0.25, -0.2) is 8.96 Å². The van der Waals surface area contributed by atoms with Crippen molar-refractivity contribution >= 4 is 27.6 Å². The minimum absolute atomic E-state index is 0.0894. The number of rotatable bonds is 3. The van der Waals surface area contributed by atoms with E-state index < -0.39 is 18.8 Å². The maximum atomic E-state index is 15.9. The number of hydrogen-bond acceptors (Lipinski definition) is 2. The Hall–Kier alpha value is -4.44. The maximum absolute atomic E-state index is 15.9. The Morgan fingerprint density at radius 1 is 0.811 bits per heavy atom. The SMILES string of the molecule is [2H]C1([2H])c2cccc(-c3c(F)ccc4c3oc3c(-c5cccc[n+]5C)c(C)ccc34)c2C([2H])([2H])N1c1ccccc1. The summed E-state index contributed by atoms with van der Waals surface area (Å²) in [5, 5.41) is 1.53. The van der Waals surface area contributed by atoms with Gasteiger partial charge < -0.3 is 9.32 Å². The van der Waals surface area contributed by atoms with E-state index in [4.69, 9.17) is 7.16 Å². The molecular formula is C33H26FN2O+. The van der Waals surface area contributed by atoms with Crippen molar-refractivity contribution in [1.29, 1.82) is 0 Å². The largest absolute Gasteiger partial charge is 0.454 e. The normalized spacial score (nSPS) is 17.3. The van der Waals surface area contributed by atoms with E-state index in [0.717, 1.165) is 27.1 Å². The van der Waals surface area contributed by atoms with Crippen LogP contribution in [-0.2, 0) is 20.0 Å². The quantitative estimate of drug-likeness (QED) is 0.237. The van der Waals surface area contributed by atoms with E-state index in [1.807, 2.05) is 55.1 Å². The average Bonchev–Trinajstić information content (AvgIpc) is 3.39. The summed E-state index contributed by atoms with van der Waals surface area (Å²) in [4.78, 5) is 1.13. The molecule has 0 spiro atoms. The fraction of sp³-hybridized carbons (Fsp3) is 0.121. The average molecular weight is 490 g/mol. The molecule has 4 aromatic carbocycles. The molecule has 1 aliphatic heterocycles. The van der Waals surface area contributed by atoms with Crippen molar-refractivity contribution in [3.63, 3.8) is 0 Å². The first-order chi connectivity index (χ1) is 19.6. The monoisotopic (exact) mass is 489 g/mol. The van der Waals surface area contributed by atoms with Crippen molar-refractivity contribution in [1.82, 2.24) is 0 Å². The highest BCUT2D eigenvalue weighted by molar-refractivity contribution is 6.13. The van der Waals surface area contributed by atoms with Gasteiger partial charge in [0.1, 0.15) is 24.0 Å². The lowest BCUT2D eigenvalue weighted by Crippen LogP contribution is -2.30. The van der Waals surface area contributed by atoms with Gasteiger partial charge in [0.15, 0.2) is 6.20 Å². The molecule has 3 heterocycles. The van der Waals surface area contributed by atoms with Crippen LogP contribution in [0.3, 0.4) is 0 Å². The molecule has 0 saturated carbocycles. The van der Waals surface area contributed by atoms with Gasteiger partial charge in [0, 0.05) is 41.6 Å². The van der Waals surface area contributed by atoms with Gasteiger partial charge in [0.05, 0.1) is 16.6 Å². The molecule has 0 radical (unpaired) electrons. The number of fused-ring (bicyclic) bond motifs is 4. The van der Waals surface area contributed by atoms with Gasteiger partial charge in [-0.1, -0.05) is 48.5 Å². The van der Waals surface area contributed by atoms with Crippen molar-refractivity contribution < 1.29 is 18.9 Å². The fourth-order valence-electron chi connectivity index (χ4n) is 5.27. The molecular weight excluding hydrogens is 459 g/mol. The Bertz CT molecular complexity index is 2000. The third-order valence-corrected chi connectivity index (χ3v) is 7.08. The molecule has 0 bridgehead atoms. The molecule has 1 aliphatic rings. The molecule has 0 fully saturated rings. The van der Waals surface area contributed by atoms with E-state index in [1.165, 1.54) is 6.07 Å². The van der Waals surface area contributed by atoms with Crippen molar-refractivity contribution in [2.24, 2.45) is 7.05 Å². The zero-order chi connectivity index (χ0) is 28.7. The molecule has 2 aromatic heterocycles. The van der Waals surface area contributed by atoms with Crippen molar-refractivity contribution in [2.75, 3.05) is 4.90 Å². The van der Waals surface area contributed by atoms with E-state index >= 15 is 4.39 Å². The third kappa shape index (κ3) is 3.36. The van der Waals surface area contributed by atoms with Crippen LogP contribution in [0.2, 0.25) is 0 Å². The number of nitrogens with zero attached hydrogens (tertiary/aromatic N) is 2. The number of halogens is 1. The molecule has 0 atom stereocenters. The summed E-state index contributed by atoms with van der Waals surface area (Å²) in [7, 11) is 1.96. The van der Waals surface area contributed by atoms with Crippen molar-refractivity contribution in [2.45, 2.75) is 19.9 Å². The summed E-state index contributed by atoms with van der Waals surface area (Å²) in [6, 6.07) is 26.5. The van der Waals surface area contributed by atoms with Gasteiger partial charge in [-0.2, -0.15) is 0 Å². The molecule has 37 heavy (non-hydrogen) atoms. The predicted octanol–water partition coefficient (Wildman–Crippen LogP) is 7.71. The minimum Gasteiger partial charge on any atom is -0.454 e. The maximum Gasteiger partial charge on any atom is 0.216 e. The second kappa shape index (κ2) is 8.31. The van der Waals surface area contributed by atoms with Crippen LogP contribution in [0.15, 0.2) is 102 Å². The molecule has 0 amide bonds. The van der Waals surface area contributed by atoms with E-state index in [0.29, 0.717) is 22.2 Å². The first-order valence-electron chi connectivity index (χ1n) is 14.2. The summed E-state index contributed by atoms with van der Waals surface area (Å²) in [6.45, 7) is -2.45. The number of hydrogen-bond donors (Lipinski definition) is 0. The van der Waals surface area contributed by atoms with Gasteiger partial charge in [-0.3, -0.25) is 0 Å². The number of benzene rings is 4. The smallest absolute Gasteiger partial charge is 0.216 e. The van der Waals surface area contributed by atoms with Crippen LogP contribution in [0.4, 0.5) is 10.1 Å². The summed E-state index contributed by atoms with van der Waals surface area (Å²) in [5.74, 6) is -0.567. The van der Waals surface area contributed by atoms with Gasteiger partial charge in [0.25, 0.3) is 0 Å². The predicted molar refractivity (Wildman–Crippen MR) is 147 cm³/mol. The highest BCUT2D eigenvalue weighted by Gasteiger charge is 2.27. The lowest BCUT2D eigenvalue weighted by Gasteiger charge is -2.17. The van der Waals surface area contributed by atoms with Crippen LogP contribution in [0.5, 0.6) is 0 Å². The van der Waals surface area contributed by atoms with E-state index in [9.17, 15) is 2.74 Å². The molecule has 0 aliphatic carbocycles. The highest BCUT2D eigenvalue weighted by atomic mass is 19.1. The van der Waals surface area contributed by atoms with Crippen molar-refractivity contribution in [3.8, 4) is 22.4 Å². The molecule has 0 unspecified atom stereocenters. The van der Waals surface area contributed by atoms with Gasteiger partial charge in [-0.05, 0) is 59.5 Å².